The minimum absolute atomic E-state index is 0.255. The molecule has 0 unspecified atom stereocenters. The smallest absolute Gasteiger partial charge is 0.335 e. The molecule has 2 aromatic carbocycles. The quantitative estimate of drug-likeness (QED) is 0.797. The van der Waals surface area contributed by atoms with Crippen molar-refractivity contribution in [2.45, 2.75) is 19.8 Å². The molecular weight excluding hydrogens is 290 g/mol. The lowest BCUT2D eigenvalue weighted by Gasteiger charge is -2.06. The summed E-state index contributed by atoms with van der Waals surface area (Å²) in [4.78, 5) is 10.9. The maximum Gasteiger partial charge on any atom is 0.335 e. The van der Waals surface area contributed by atoms with Crippen molar-refractivity contribution in [2.24, 2.45) is 0 Å². The van der Waals surface area contributed by atoms with Crippen LogP contribution in [0.2, 0.25) is 0 Å². The third-order valence-electron chi connectivity index (χ3n) is 3.75. The summed E-state index contributed by atoms with van der Waals surface area (Å²) in [6.45, 7) is 4.31. The topological polar surface area (TPSA) is 68.0 Å². The van der Waals surface area contributed by atoms with E-state index in [1.807, 2.05) is 18.3 Å². The SMILES string of the molecule is CC(C)c1ccc(-n2cc(-c3ccc(C(=O)O)cc3)nn2)cc1. The van der Waals surface area contributed by atoms with E-state index in [9.17, 15) is 4.79 Å². The minimum Gasteiger partial charge on any atom is -0.478 e. The van der Waals surface area contributed by atoms with Crippen molar-refractivity contribution < 1.29 is 9.90 Å². The number of carbonyl (C=O) groups is 1. The Bertz CT molecular complexity index is 818. The summed E-state index contributed by atoms with van der Waals surface area (Å²) in [7, 11) is 0. The highest BCUT2D eigenvalue weighted by Gasteiger charge is 2.08. The number of aromatic carboxylic acids is 1. The minimum atomic E-state index is -0.939. The maximum atomic E-state index is 10.9. The van der Waals surface area contributed by atoms with Gasteiger partial charge in [0.15, 0.2) is 0 Å². The van der Waals surface area contributed by atoms with Gasteiger partial charge in [-0.2, -0.15) is 0 Å². The van der Waals surface area contributed by atoms with Crippen LogP contribution in [0.3, 0.4) is 0 Å². The van der Waals surface area contributed by atoms with Gasteiger partial charge in [0.1, 0.15) is 5.69 Å². The molecule has 0 aliphatic heterocycles. The average Bonchev–Trinajstić information content (AvgIpc) is 3.05. The zero-order valence-electron chi connectivity index (χ0n) is 13.0. The van der Waals surface area contributed by atoms with Crippen LogP contribution in [0.4, 0.5) is 0 Å². The molecule has 5 heteroatoms. The fourth-order valence-corrected chi connectivity index (χ4v) is 2.32. The van der Waals surface area contributed by atoms with Gasteiger partial charge in [0.25, 0.3) is 0 Å². The van der Waals surface area contributed by atoms with Crippen LogP contribution >= 0.6 is 0 Å². The van der Waals surface area contributed by atoms with Gasteiger partial charge in [-0.1, -0.05) is 43.3 Å². The normalized spacial score (nSPS) is 10.9. The first kappa shape index (κ1) is 15.0. The lowest BCUT2D eigenvalue weighted by Crippen LogP contribution is -1.95. The third kappa shape index (κ3) is 3.13. The molecule has 1 aromatic heterocycles. The molecular formula is C18H17N3O2. The van der Waals surface area contributed by atoms with Gasteiger partial charge >= 0.3 is 5.97 Å². The summed E-state index contributed by atoms with van der Waals surface area (Å²) < 4.78 is 1.71. The van der Waals surface area contributed by atoms with Gasteiger partial charge in [-0.05, 0) is 35.7 Å². The summed E-state index contributed by atoms with van der Waals surface area (Å²) in [6, 6.07) is 14.8. The molecule has 0 saturated carbocycles. The van der Waals surface area contributed by atoms with Gasteiger partial charge in [0, 0.05) is 5.56 Å². The number of carboxylic acids is 1. The van der Waals surface area contributed by atoms with Gasteiger partial charge in [-0.15, -0.1) is 5.10 Å². The molecule has 3 rings (SSSR count). The van der Waals surface area contributed by atoms with E-state index in [0.717, 1.165) is 11.3 Å². The maximum absolute atomic E-state index is 10.9. The van der Waals surface area contributed by atoms with Crippen LogP contribution in [0.25, 0.3) is 16.9 Å². The zero-order chi connectivity index (χ0) is 16.4. The molecule has 0 atom stereocenters. The lowest BCUT2D eigenvalue weighted by molar-refractivity contribution is 0.0697. The van der Waals surface area contributed by atoms with E-state index in [1.54, 1.807) is 28.9 Å². The summed E-state index contributed by atoms with van der Waals surface area (Å²) in [5.41, 5.74) is 4.01. The first-order valence-corrected chi connectivity index (χ1v) is 7.41. The second kappa shape index (κ2) is 6.04. The van der Waals surface area contributed by atoms with Crippen molar-refractivity contribution in [3.8, 4) is 16.9 Å². The standard InChI is InChI=1S/C18H17N3O2/c1-12(2)13-7-9-16(10-8-13)21-11-17(19-20-21)14-3-5-15(6-4-14)18(22)23/h3-12H,1-2H3,(H,22,23). The van der Waals surface area contributed by atoms with Crippen molar-refractivity contribution in [1.82, 2.24) is 15.0 Å². The number of hydrogen-bond acceptors (Lipinski definition) is 3. The molecule has 0 spiro atoms. The van der Waals surface area contributed by atoms with Gasteiger partial charge < -0.3 is 5.11 Å². The van der Waals surface area contributed by atoms with E-state index in [0.29, 0.717) is 11.6 Å². The van der Waals surface area contributed by atoms with Crippen molar-refractivity contribution >= 4 is 5.97 Å². The Balaban J connectivity index is 1.86. The van der Waals surface area contributed by atoms with E-state index in [2.05, 4.69) is 36.3 Å². The number of nitrogens with zero attached hydrogens (tertiary/aromatic N) is 3. The summed E-state index contributed by atoms with van der Waals surface area (Å²) in [5.74, 6) is -0.450. The van der Waals surface area contributed by atoms with Gasteiger partial charge in [-0.3, -0.25) is 0 Å². The second-order valence-corrected chi connectivity index (χ2v) is 5.68. The second-order valence-electron chi connectivity index (χ2n) is 5.68. The van der Waals surface area contributed by atoms with Crippen LogP contribution in [0.5, 0.6) is 0 Å². The Hall–Kier alpha value is -2.95. The van der Waals surface area contributed by atoms with Gasteiger partial charge in [-0.25, -0.2) is 9.48 Å². The fraction of sp³-hybridized carbons (Fsp3) is 0.167. The van der Waals surface area contributed by atoms with Crippen LogP contribution in [-0.4, -0.2) is 26.1 Å². The van der Waals surface area contributed by atoms with E-state index < -0.39 is 5.97 Å². The molecule has 116 valence electrons. The molecule has 0 saturated heterocycles. The molecule has 0 aliphatic rings. The van der Waals surface area contributed by atoms with Crippen molar-refractivity contribution in [3.05, 3.63) is 65.9 Å². The molecule has 5 nitrogen and oxygen atoms in total. The predicted molar refractivity (Wildman–Crippen MR) is 87.8 cm³/mol. The third-order valence-corrected chi connectivity index (χ3v) is 3.75. The molecule has 0 bridgehead atoms. The Kier molecular flexibility index (Phi) is 3.93. The highest BCUT2D eigenvalue weighted by Crippen LogP contribution is 2.20. The predicted octanol–water partition coefficient (Wildman–Crippen LogP) is 3.76. The monoisotopic (exact) mass is 307 g/mol. The zero-order valence-corrected chi connectivity index (χ0v) is 13.0. The largest absolute Gasteiger partial charge is 0.478 e. The van der Waals surface area contributed by atoms with E-state index in [4.69, 9.17) is 5.11 Å². The molecule has 1 heterocycles. The molecule has 0 radical (unpaired) electrons. The molecule has 0 amide bonds. The summed E-state index contributed by atoms with van der Waals surface area (Å²) in [5, 5.41) is 17.2. The number of aromatic nitrogens is 3. The number of benzene rings is 2. The van der Waals surface area contributed by atoms with Gasteiger partial charge in [0.2, 0.25) is 0 Å². The van der Waals surface area contributed by atoms with E-state index in [-0.39, 0.29) is 5.56 Å². The molecule has 3 aromatic rings. The molecule has 0 fully saturated rings. The molecule has 0 aliphatic carbocycles. The summed E-state index contributed by atoms with van der Waals surface area (Å²) in [6.07, 6.45) is 1.83. The van der Waals surface area contributed by atoms with Crippen LogP contribution in [-0.2, 0) is 0 Å². The number of carboxylic acid groups (broad SMARTS) is 1. The Morgan fingerprint density at radius 1 is 1.04 bits per heavy atom. The van der Waals surface area contributed by atoms with Crippen LogP contribution in [0.1, 0.15) is 35.7 Å². The van der Waals surface area contributed by atoms with Crippen LogP contribution in [0.15, 0.2) is 54.7 Å². The van der Waals surface area contributed by atoms with Crippen LogP contribution < -0.4 is 0 Å². The Labute approximate surface area is 134 Å². The van der Waals surface area contributed by atoms with Crippen molar-refractivity contribution in [3.63, 3.8) is 0 Å². The van der Waals surface area contributed by atoms with Gasteiger partial charge in [0.05, 0.1) is 17.4 Å². The lowest BCUT2D eigenvalue weighted by atomic mass is 10.0. The first-order chi connectivity index (χ1) is 11.0. The Morgan fingerprint density at radius 2 is 1.70 bits per heavy atom. The summed E-state index contributed by atoms with van der Waals surface area (Å²) >= 11 is 0. The average molecular weight is 307 g/mol. The Morgan fingerprint density at radius 3 is 2.26 bits per heavy atom. The molecule has 1 N–H and O–H groups in total. The number of rotatable bonds is 4. The van der Waals surface area contributed by atoms with Crippen molar-refractivity contribution in [1.29, 1.82) is 0 Å². The first-order valence-electron chi connectivity index (χ1n) is 7.41. The molecule has 23 heavy (non-hydrogen) atoms. The highest BCUT2D eigenvalue weighted by molar-refractivity contribution is 5.88. The van der Waals surface area contributed by atoms with Crippen molar-refractivity contribution in [2.75, 3.05) is 0 Å². The number of hydrogen-bond donors (Lipinski definition) is 1. The van der Waals surface area contributed by atoms with E-state index >= 15 is 0 Å². The van der Waals surface area contributed by atoms with Crippen LogP contribution in [0, 0.1) is 0 Å². The fourth-order valence-electron chi connectivity index (χ4n) is 2.32. The van der Waals surface area contributed by atoms with E-state index in [1.165, 1.54) is 5.56 Å². The highest BCUT2D eigenvalue weighted by atomic mass is 16.4.